The summed E-state index contributed by atoms with van der Waals surface area (Å²) in [5.41, 5.74) is 2.59. The third-order valence-electron chi connectivity index (χ3n) is 5.17. The predicted molar refractivity (Wildman–Crippen MR) is 102 cm³/mol. The molecule has 0 saturated carbocycles. The van der Waals surface area contributed by atoms with Gasteiger partial charge in [0.1, 0.15) is 6.07 Å². The summed E-state index contributed by atoms with van der Waals surface area (Å²) >= 11 is 0. The van der Waals surface area contributed by atoms with Crippen LogP contribution in [0.25, 0.3) is 10.9 Å². The van der Waals surface area contributed by atoms with Crippen LogP contribution in [0.4, 0.5) is 5.82 Å². The lowest BCUT2D eigenvalue weighted by atomic mass is 10.0. The monoisotopic (exact) mass is 360 g/mol. The van der Waals surface area contributed by atoms with Crippen molar-refractivity contribution in [3.05, 3.63) is 54.1 Å². The SMILES string of the molecule is CN(C(=O)CCc1c[nH]c2ccccc12)C1CN(c2nccnc2C#N)C1. The zero-order valence-electron chi connectivity index (χ0n) is 15.1. The molecule has 0 bridgehead atoms. The van der Waals surface area contributed by atoms with Crippen LogP contribution in [0.5, 0.6) is 0 Å². The maximum absolute atomic E-state index is 12.6. The van der Waals surface area contributed by atoms with Gasteiger partial charge in [0.15, 0.2) is 11.5 Å². The number of amides is 1. The van der Waals surface area contributed by atoms with E-state index in [1.807, 2.05) is 41.2 Å². The topological polar surface area (TPSA) is 88.9 Å². The first-order valence-electron chi connectivity index (χ1n) is 8.94. The van der Waals surface area contributed by atoms with Crippen molar-refractivity contribution in [2.75, 3.05) is 25.0 Å². The van der Waals surface area contributed by atoms with Gasteiger partial charge in [-0.1, -0.05) is 18.2 Å². The quantitative estimate of drug-likeness (QED) is 0.753. The van der Waals surface area contributed by atoms with E-state index < -0.39 is 0 Å². The molecule has 3 heterocycles. The number of aromatic amines is 1. The number of carbonyl (C=O) groups is 1. The molecule has 27 heavy (non-hydrogen) atoms. The minimum atomic E-state index is 0.129. The van der Waals surface area contributed by atoms with E-state index in [1.54, 1.807) is 6.20 Å². The highest BCUT2D eigenvalue weighted by molar-refractivity contribution is 5.84. The highest BCUT2D eigenvalue weighted by Crippen LogP contribution is 2.24. The van der Waals surface area contributed by atoms with Gasteiger partial charge in [-0.15, -0.1) is 0 Å². The number of carbonyl (C=O) groups excluding carboxylic acids is 1. The molecule has 2 aromatic heterocycles. The van der Waals surface area contributed by atoms with E-state index in [0.717, 1.165) is 5.52 Å². The molecule has 1 saturated heterocycles. The van der Waals surface area contributed by atoms with E-state index in [-0.39, 0.29) is 11.9 Å². The van der Waals surface area contributed by atoms with E-state index in [9.17, 15) is 4.79 Å². The lowest BCUT2D eigenvalue weighted by Crippen LogP contribution is -2.60. The molecule has 7 nitrogen and oxygen atoms in total. The first-order chi connectivity index (χ1) is 13.2. The van der Waals surface area contributed by atoms with Crippen molar-refractivity contribution >= 4 is 22.6 Å². The number of nitrogens with zero attached hydrogens (tertiary/aromatic N) is 5. The Bertz CT molecular complexity index is 1010. The number of hydrogen-bond donors (Lipinski definition) is 1. The number of para-hydroxylation sites is 1. The largest absolute Gasteiger partial charge is 0.361 e. The van der Waals surface area contributed by atoms with Crippen LogP contribution in [0.15, 0.2) is 42.9 Å². The van der Waals surface area contributed by atoms with Gasteiger partial charge in [0.25, 0.3) is 0 Å². The third kappa shape index (κ3) is 3.22. The number of nitriles is 1. The van der Waals surface area contributed by atoms with E-state index in [0.29, 0.717) is 37.4 Å². The minimum Gasteiger partial charge on any atom is -0.361 e. The Morgan fingerprint density at radius 1 is 1.33 bits per heavy atom. The van der Waals surface area contributed by atoms with Crippen LogP contribution in [0.1, 0.15) is 17.7 Å². The molecule has 1 amide bonds. The van der Waals surface area contributed by atoms with Crippen molar-refractivity contribution < 1.29 is 4.79 Å². The molecule has 1 fully saturated rings. The molecule has 1 aliphatic heterocycles. The standard InChI is InChI=1S/C20H20N6O/c1-25(15-12-26(13-15)20-18(10-21)22-8-9-23-20)19(27)7-6-14-11-24-17-5-3-2-4-16(14)17/h2-5,8-9,11,15,24H,6-7,12-13H2,1H3. The number of fused-ring (bicyclic) bond motifs is 1. The van der Waals surface area contributed by atoms with Crippen LogP contribution < -0.4 is 4.90 Å². The second-order valence-electron chi connectivity index (χ2n) is 6.76. The first-order valence-corrected chi connectivity index (χ1v) is 8.94. The van der Waals surface area contributed by atoms with Crippen molar-refractivity contribution in [2.24, 2.45) is 0 Å². The zero-order chi connectivity index (χ0) is 18.8. The average molecular weight is 360 g/mol. The Labute approximate surface area is 157 Å². The Morgan fingerprint density at radius 2 is 2.11 bits per heavy atom. The number of benzene rings is 1. The fraction of sp³-hybridized carbons (Fsp3) is 0.300. The van der Waals surface area contributed by atoms with Crippen molar-refractivity contribution in [3.8, 4) is 6.07 Å². The molecular formula is C20H20N6O. The predicted octanol–water partition coefficient (Wildman–Crippen LogP) is 2.11. The number of anilines is 1. The van der Waals surface area contributed by atoms with Crippen LogP contribution in [0.3, 0.4) is 0 Å². The molecule has 1 N–H and O–H groups in total. The normalized spacial score (nSPS) is 14.0. The number of aryl methyl sites for hydroxylation is 1. The number of H-pyrrole nitrogens is 1. The van der Waals surface area contributed by atoms with Crippen molar-refractivity contribution in [1.82, 2.24) is 19.9 Å². The number of likely N-dealkylation sites (N-methyl/N-ethyl adjacent to an activating group) is 1. The van der Waals surface area contributed by atoms with Gasteiger partial charge in [-0.25, -0.2) is 9.97 Å². The number of hydrogen-bond acceptors (Lipinski definition) is 5. The second-order valence-corrected chi connectivity index (χ2v) is 6.76. The van der Waals surface area contributed by atoms with Gasteiger partial charge in [0.2, 0.25) is 5.91 Å². The summed E-state index contributed by atoms with van der Waals surface area (Å²) in [4.78, 5) is 27.9. The van der Waals surface area contributed by atoms with Crippen LogP contribution in [0.2, 0.25) is 0 Å². The second kappa shape index (κ2) is 7.08. The van der Waals surface area contributed by atoms with Gasteiger partial charge in [0, 0.05) is 56.1 Å². The lowest BCUT2D eigenvalue weighted by molar-refractivity contribution is -0.132. The number of aromatic nitrogens is 3. The van der Waals surface area contributed by atoms with E-state index in [1.165, 1.54) is 17.1 Å². The molecule has 0 spiro atoms. The molecule has 0 radical (unpaired) electrons. The summed E-state index contributed by atoms with van der Waals surface area (Å²) in [6.45, 7) is 1.34. The molecular weight excluding hydrogens is 340 g/mol. The average Bonchev–Trinajstić information content (AvgIpc) is 3.08. The van der Waals surface area contributed by atoms with Crippen molar-refractivity contribution in [1.29, 1.82) is 5.26 Å². The van der Waals surface area contributed by atoms with Gasteiger partial charge in [0.05, 0.1) is 6.04 Å². The highest BCUT2D eigenvalue weighted by atomic mass is 16.2. The van der Waals surface area contributed by atoms with E-state index in [4.69, 9.17) is 5.26 Å². The van der Waals surface area contributed by atoms with E-state index >= 15 is 0 Å². The summed E-state index contributed by atoms with van der Waals surface area (Å²) in [6.07, 6.45) is 6.27. The summed E-state index contributed by atoms with van der Waals surface area (Å²) in [7, 11) is 1.85. The fourth-order valence-corrected chi connectivity index (χ4v) is 3.47. The summed E-state index contributed by atoms with van der Waals surface area (Å²) in [5, 5.41) is 10.3. The molecule has 3 aromatic rings. The Kier molecular flexibility index (Phi) is 4.47. The molecule has 1 aliphatic rings. The highest BCUT2D eigenvalue weighted by Gasteiger charge is 2.34. The van der Waals surface area contributed by atoms with Crippen LogP contribution >= 0.6 is 0 Å². The van der Waals surface area contributed by atoms with Gasteiger partial charge in [-0.2, -0.15) is 5.26 Å². The summed E-state index contributed by atoms with van der Waals surface area (Å²) in [5.74, 6) is 0.723. The Morgan fingerprint density at radius 3 is 2.93 bits per heavy atom. The molecule has 7 heteroatoms. The number of rotatable bonds is 5. The smallest absolute Gasteiger partial charge is 0.223 e. The molecule has 4 rings (SSSR count). The molecule has 136 valence electrons. The Hall–Kier alpha value is -3.40. The van der Waals surface area contributed by atoms with Gasteiger partial charge >= 0.3 is 0 Å². The van der Waals surface area contributed by atoms with Gasteiger partial charge in [-0.3, -0.25) is 4.79 Å². The third-order valence-corrected chi connectivity index (χ3v) is 5.17. The molecule has 0 aliphatic carbocycles. The van der Waals surface area contributed by atoms with Gasteiger partial charge in [-0.05, 0) is 18.1 Å². The Balaban J connectivity index is 1.33. The van der Waals surface area contributed by atoms with Crippen LogP contribution in [-0.4, -0.2) is 51.9 Å². The minimum absolute atomic E-state index is 0.129. The number of nitrogens with one attached hydrogen (secondary N) is 1. The maximum atomic E-state index is 12.6. The summed E-state index contributed by atoms with van der Waals surface area (Å²) in [6, 6.07) is 10.3. The molecule has 0 atom stereocenters. The van der Waals surface area contributed by atoms with Crippen LogP contribution in [0, 0.1) is 11.3 Å². The van der Waals surface area contributed by atoms with Crippen molar-refractivity contribution in [2.45, 2.75) is 18.9 Å². The lowest BCUT2D eigenvalue weighted by Gasteiger charge is -2.44. The molecule has 1 aromatic carbocycles. The fourth-order valence-electron chi connectivity index (χ4n) is 3.47. The van der Waals surface area contributed by atoms with Crippen LogP contribution in [-0.2, 0) is 11.2 Å². The van der Waals surface area contributed by atoms with Gasteiger partial charge < -0.3 is 14.8 Å². The maximum Gasteiger partial charge on any atom is 0.223 e. The zero-order valence-corrected chi connectivity index (χ0v) is 15.1. The van der Waals surface area contributed by atoms with Crippen molar-refractivity contribution in [3.63, 3.8) is 0 Å². The summed E-state index contributed by atoms with van der Waals surface area (Å²) < 4.78 is 0. The van der Waals surface area contributed by atoms with E-state index in [2.05, 4.69) is 27.1 Å². The first kappa shape index (κ1) is 17.0. The molecule has 0 unspecified atom stereocenters.